The number of hydrogen-bond acceptors (Lipinski definition) is 8. The van der Waals surface area contributed by atoms with E-state index < -0.39 is 6.16 Å². The third-order valence-corrected chi connectivity index (χ3v) is 4.50. The lowest BCUT2D eigenvalue weighted by Crippen LogP contribution is -2.06. The normalized spacial score (nSPS) is 10.7. The van der Waals surface area contributed by atoms with Crippen molar-refractivity contribution < 1.29 is 23.9 Å². The average molecular weight is 445 g/mol. The van der Waals surface area contributed by atoms with Crippen molar-refractivity contribution >= 4 is 6.16 Å². The molecule has 10 nitrogen and oxygen atoms in total. The zero-order chi connectivity index (χ0) is 23.4. The summed E-state index contributed by atoms with van der Waals surface area (Å²) in [5, 5.41) is 26.1. The summed E-state index contributed by atoms with van der Waals surface area (Å²) in [5.41, 5.74) is 2.70. The van der Waals surface area contributed by atoms with Gasteiger partial charge < -0.3 is 19.1 Å². The van der Waals surface area contributed by atoms with Crippen LogP contribution in [-0.4, -0.2) is 37.3 Å². The van der Waals surface area contributed by atoms with Crippen LogP contribution in [0.4, 0.5) is 4.79 Å². The predicted octanol–water partition coefficient (Wildman–Crippen LogP) is 4.36. The summed E-state index contributed by atoms with van der Waals surface area (Å²) >= 11 is 0. The monoisotopic (exact) mass is 445 g/mol. The van der Waals surface area contributed by atoms with E-state index in [1.54, 1.807) is 29.1 Å². The van der Waals surface area contributed by atoms with Crippen LogP contribution in [0.3, 0.4) is 0 Å². The van der Waals surface area contributed by atoms with Gasteiger partial charge in [-0.05, 0) is 37.6 Å². The summed E-state index contributed by atoms with van der Waals surface area (Å²) in [5.74, 6) is 1.23. The lowest BCUT2D eigenvalue weighted by Gasteiger charge is -2.11. The molecule has 0 aliphatic heterocycles. The SMILES string of the molecule is CC(C)Oc1ccc(-c2nc(-c3ccc(Cn4ccc(OC(=O)O)n4)cc3)no2)cc1C#N. The molecule has 2 aromatic heterocycles. The van der Waals surface area contributed by atoms with Gasteiger partial charge in [-0.15, -0.1) is 5.10 Å². The molecule has 33 heavy (non-hydrogen) atoms. The van der Waals surface area contributed by atoms with Gasteiger partial charge in [0, 0.05) is 23.4 Å². The second kappa shape index (κ2) is 9.23. The van der Waals surface area contributed by atoms with Crippen LogP contribution in [0, 0.1) is 11.3 Å². The van der Waals surface area contributed by atoms with Gasteiger partial charge in [0.1, 0.15) is 11.8 Å². The summed E-state index contributed by atoms with van der Waals surface area (Å²) in [6.45, 7) is 4.22. The fourth-order valence-corrected chi connectivity index (χ4v) is 3.09. The lowest BCUT2D eigenvalue weighted by atomic mass is 10.1. The maximum Gasteiger partial charge on any atom is 0.512 e. The Morgan fingerprint density at radius 3 is 2.64 bits per heavy atom. The Labute approximate surface area is 188 Å². The van der Waals surface area contributed by atoms with Crippen molar-refractivity contribution in [3.8, 4) is 40.5 Å². The van der Waals surface area contributed by atoms with Crippen LogP contribution in [0.2, 0.25) is 0 Å². The minimum atomic E-state index is -1.41. The molecule has 0 spiro atoms. The van der Waals surface area contributed by atoms with Gasteiger partial charge in [0.25, 0.3) is 5.89 Å². The lowest BCUT2D eigenvalue weighted by molar-refractivity contribution is 0.142. The van der Waals surface area contributed by atoms with Crippen LogP contribution in [0.5, 0.6) is 11.6 Å². The second-order valence-electron chi connectivity index (χ2n) is 7.33. The third-order valence-electron chi connectivity index (χ3n) is 4.50. The highest BCUT2D eigenvalue weighted by molar-refractivity contribution is 5.63. The molecule has 4 aromatic rings. The van der Waals surface area contributed by atoms with Gasteiger partial charge in [0.15, 0.2) is 0 Å². The van der Waals surface area contributed by atoms with Crippen molar-refractivity contribution in [2.45, 2.75) is 26.5 Å². The fraction of sp³-hybridized carbons (Fsp3) is 0.174. The Morgan fingerprint density at radius 2 is 1.94 bits per heavy atom. The highest BCUT2D eigenvalue weighted by Crippen LogP contribution is 2.28. The first-order valence-corrected chi connectivity index (χ1v) is 9.99. The number of nitriles is 1. The zero-order valence-electron chi connectivity index (χ0n) is 17.8. The molecule has 0 atom stereocenters. The summed E-state index contributed by atoms with van der Waals surface area (Å²) in [4.78, 5) is 15.0. The van der Waals surface area contributed by atoms with E-state index in [4.69, 9.17) is 14.4 Å². The van der Waals surface area contributed by atoms with E-state index >= 15 is 0 Å². The third kappa shape index (κ3) is 5.16. The summed E-state index contributed by atoms with van der Waals surface area (Å²) in [6, 6.07) is 16.2. The molecule has 0 fully saturated rings. The van der Waals surface area contributed by atoms with Crippen molar-refractivity contribution in [1.82, 2.24) is 19.9 Å². The molecule has 0 aliphatic carbocycles. The number of nitrogens with zero attached hydrogens (tertiary/aromatic N) is 5. The Morgan fingerprint density at radius 1 is 1.18 bits per heavy atom. The van der Waals surface area contributed by atoms with Gasteiger partial charge in [-0.25, -0.2) is 4.79 Å². The molecule has 2 aromatic carbocycles. The van der Waals surface area contributed by atoms with Crippen LogP contribution in [0.15, 0.2) is 59.3 Å². The minimum Gasteiger partial charge on any atom is -0.490 e. The van der Waals surface area contributed by atoms with E-state index in [-0.39, 0.29) is 12.0 Å². The highest BCUT2D eigenvalue weighted by atomic mass is 16.7. The number of rotatable bonds is 7. The highest BCUT2D eigenvalue weighted by Gasteiger charge is 2.14. The Bertz CT molecular complexity index is 1320. The van der Waals surface area contributed by atoms with Gasteiger partial charge in [0.05, 0.1) is 18.2 Å². The fourth-order valence-electron chi connectivity index (χ4n) is 3.09. The van der Waals surface area contributed by atoms with Crippen molar-refractivity contribution in [3.05, 3.63) is 65.9 Å². The molecule has 10 heteroatoms. The minimum absolute atomic E-state index is 0.0156. The molecule has 4 rings (SSSR count). The van der Waals surface area contributed by atoms with Crippen molar-refractivity contribution in [1.29, 1.82) is 5.26 Å². The van der Waals surface area contributed by atoms with Gasteiger partial charge in [-0.3, -0.25) is 4.68 Å². The summed E-state index contributed by atoms with van der Waals surface area (Å²) in [6.07, 6.45) is 0.173. The standard InChI is InChI=1S/C23H19N5O5/c1-14(2)31-19-8-7-17(11-18(19)12-24)22-25-21(27-33-22)16-5-3-15(4-6-16)13-28-10-9-20(26-28)32-23(29)30/h3-11,14H,13H2,1-2H3,(H,29,30). The zero-order valence-corrected chi connectivity index (χ0v) is 17.8. The molecule has 0 aliphatic rings. The van der Waals surface area contributed by atoms with E-state index in [2.05, 4.69) is 26.0 Å². The number of aromatic nitrogens is 4. The smallest absolute Gasteiger partial charge is 0.490 e. The van der Waals surface area contributed by atoms with Gasteiger partial charge >= 0.3 is 6.16 Å². The van der Waals surface area contributed by atoms with Crippen LogP contribution >= 0.6 is 0 Å². The largest absolute Gasteiger partial charge is 0.512 e. The Hall–Kier alpha value is -4.65. The maximum atomic E-state index is 10.6. The molecule has 0 saturated carbocycles. The molecule has 0 unspecified atom stereocenters. The van der Waals surface area contributed by atoms with Crippen LogP contribution in [-0.2, 0) is 6.54 Å². The summed E-state index contributed by atoms with van der Waals surface area (Å²) < 4.78 is 17.1. The number of ether oxygens (including phenoxy) is 2. The van der Waals surface area contributed by atoms with Gasteiger partial charge in [0.2, 0.25) is 11.7 Å². The van der Waals surface area contributed by atoms with Crippen LogP contribution in [0.25, 0.3) is 22.8 Å². The molecule has 1 N–H and O–H groups in total. The van der Waals surface area contributed by atoms with E-state index in [0.717, 1.165) is 11.1 Å². The maximum absolute atomic E-state index is 10.6. The first-order chi connectivity index (χ1) is 15.9. The number of benzene rings is 2. The van der Waals surface area contributed by atoms with Crippen molar-refractivity contribution in [2.24, 2.45) is 0 Å². The molecular formula is C23H19N5O5. The summed E-state index contributed by atoms with van der Waals surface area (Å²) in [7, 11) is 0. The number of carbonyl (C=O) groups is 1. The van der Waals surface area contributed by atoms with Crippen molar-refractivity contribution in [3.63, 3.8) is 0 Å². The number of hydrogen-bond donors (Lipinski definition) is 1. The molecular weight excluding hydrogens is 426 g/mol. The molecule has 0 bridgehead atoms. The van der Waals surface area contributed by atoms with E-state index in [0.29, 0.717) is 35.1 Å². The second-order valence-corrected chi connectivity index (χ2v) is 7.33. The Kier molecular flexibility index (Phi) is 6.04. The number of carboxylic acid groups (broad SMARTS) is 1. The van der Waals surface area contributed by atoms with E-state index in [1.165, 1.54) is 6.07 Å². The van der Waals surface area contributed by atoms with Gasteiger partial charge in [-0.2, -0.15) is 10.2 Å². The van der Waals surface area contributed by atoms with E-state index in [1.807, 2.05) is 38.1 Å². The first kappa shape index (κ1) is 21.6. The quantitative estimate of drug-likeness (QED) is 0.411. The van der Waals surface area contributed by atoms with Crippen LogP contribution < -0.4 is 9.47 Å². The first-order valence-electron chi connectivity index (χ1n) is 9.99. The van der Waals surface area contributed by atoms with Crippen molar-refractivity contribution in [2.75, 3.05) is 0 Å². The average Bonchev–Trinajstić information content (AvgIpc) is 3.44. The molecule has 0 radical (unpaired) electrons. The molecule has 166 valence electrons. The van der Waals surface area contributed by atoms with Crippen LogP contribution in [0.1, 0.15) is 25.0 Å². The predicted molar refractivity (Wildman–Crippen MR) is 116 cm³/mol. The topological polar surface area (TPSA) is 136 Å². The molecule has 0 saturated heterocycles. The van der Waals surface area contributed by atoms with E-state index in [9.17, 15) is 10.1 Å². The van der Waals surface area contributed by atoms with Gasteiger partial charge in [-0.1, -0.05) is 29.4 Å². The Balaban J connectivity index is 1.48. The molecule has 0 amide bonds. The molecule has 2 heterocycles.